The molecule has 26 heavy (non-hydrogen) atoms. The third kappa shape index (κ3) is 4.48. The van der Waals surface area contributed by atoms with Crippen LogP contribution >= 0.6 is 0 Å². The van der Waals surface area contributed by atoms with Crippen LogP contribution < -0.4 is 0 Å². The molecule has 9 heteroatoms. The SMILES string of the molecule is CCn1cc(CN2CCN(C(=O)CCn3cc(C(=O)O)cn3)CC2)cn1. The topological polar surface area (TPSA) is 96.5 Å². The molecule has 1 N–H and O–H groups in total. The van der Waals surface area contributed by atoms with Gasteiger partial charge in [-0.15, -0.1) is 0 Å². The molecule has 9 nitrogen and oxygen atoms in total. The number of hydrogen-bond acceptors (Lipinski definition) is 5. The van der Waals surface area contributed by atoms with Crippen molar-refractivity contribution in [3.8, 4) is 0 Å². The second-order valence-corrected chi connectivity index (χ2v) is 6.41. The fourth-order valence-corrected chi connectivity index (χ4v) is 3.04. The molecule has 0 saturated carbocycles. The second-order valence-electron chi connectivity index (χ2n) is 6.41. The van der Waals surface area contributed by atoms with Gasteiger partial charge < -0.3 is 10.0 Å². The Labute approximate surface area is 151 Å². The summed E-state index contributed by atoms with van der Waals surface area (Å²) in [6.07, 6.45) is 7.03. The van der Waals surface area contributed by atoms with Crippen molar-refractivity contribution in [2.24, 2.45) is 0 Å². The first-order valence-corrected chi connectivity index (χ1v) is 8.82. The number of carbonyl (C=O) groups excluding carboxylic acids is 1. The van der Waals surface area contributed by atoms with E-state index < -0.39 is 5.97 Å². The zero-order valence-corrected chi connectivity index (χ0v) is 14.9. The summed E-state index contributed by atoms with van der Waals surface area (Å²) in [5, 5.41) is 17.1. The van der Waals surface area contributed by atoms with Gasteiger partial charge in [-0.2, -0.15) is 10.2 Å². The van der Waals surface area contributed by atoms with Crippen molar-refractivity contribution in [3.05, 3.63) is 35.9 Å². The molecule has 1 fully saturated rings. The van der Waals surface area contributed by atoms with E-state index in [0.29, 0.717) is 26.1 Å². The molecule has 0 aliphatic carbocycles. The molecule has 0 radical (unpaired) electrons. The van der Waals surface area contributed by atoms with Crippen LogP contribution in [0.4, 0.5) is 0 Å². The Bertz CT molecular complexity index is 760. The Kier molecular flexibility index (Phi) is 5.67. The van der Waals surface area contributed by atoms with E-state index in [-0.39, 0.29) is 11.5 Å². The third-order valence-corrected chi connectivity index (χ3v) is 4.58. The van der Waals surface area contributed by atoms with Crippen LogP contribution in [-0.2, 0) is 24.4 Å². The quantitative estimate of drug-likeness (QED) is 0.774. The van der Waals surface area contributed by atoms with E-state index >= 15 is 0 Å². The molecular weight excluding hydrogens is 336 g/mol. The Balaban J connectivity index is 1.42. The largest absolute Gasteiger partial charge is 0.478 e. The van der Waals surface area contributed by atoms with Crippen molar-refractivity contribution in [1.29, 1.82) is 0 Å². The van der Waals surface area contributed by atoms with Crippen LogP contribution in [0.5, 0.6) is 0 Å². The summed E-state index contributed by atoms with van der Waals surface area (Å²) in [4.78, 5) is 27.4. The van der Waals surface area contributed by atoms with Gasteiger partial charge in [-0.3, -0.25) is 19.1 Å². The van der Waals surface area contributed by atoms with Crippen molar-refractivity contribution in [2.75, 3.05) is 26.2 Å². The van der Waals surface area contributed by atoms with E-state index in [9.17, 15) is 9.59 Å². The van der Waals surface area contributed by atoms with E-state index in [0.717, 1.165) is 26.2 Å². The fourth-order valence-electron chi connectivity index (χ4n) is 3.04. The highest BCUT2D eigenvalue weighted by Crippen LogP contribution is 2.09. The van der Waals surface area contributed by atoms with Gasteiger partial charge in [0.15, 0.2) is 0 Å². The number of aryl methyl sites for hydroxylation is 2. The van der Waals surface area contributed by atoms with Gasteiger partial charge in [-0.25, -0.2) is 4.79 Å². The Hall–Kier alpha value is -2.68. The lowest BCUT2D eigenvalue weighted by Crippen LogP contribution is -2.48. The predicted molar refractivity (Wildman–Crippen MR) is 93.6 cm³/mol. The molecule has 0 bridgehead atoms. The number of carbonyl (C=O) groups is 2. The summed E-state index contributed by atoms with van der Waals surface area (Å²) >= 11 is 0. The number of aromatic carboxylic acids is 1. The number of nitrogens with zero attached hydrogens (tertiary/aromatic N) is 6. The molecule has 0 spiro atoms. The van der Waals surface area contributed by atoms with Crippen LogP contribution in [0, 0.1) is 0 Å². The van der Waals surface area contributed by atoms with Gasteiger partial charge >= 0.3 is 5.97 Å². The van der Waals surface area contributed by atoms with Crippen LogP contribution in [0.1, 0.15) is 29.3 Å². The maximum atomic E-state index is 12.4. The number of hydrogen-bond donors (Lipinski definition) is 1. The van der Waals surface area contributed by atoms with Crippen LogP contribution in [0.25, 0.3) is 0 Å². The molecule has 1 aliphatic heterocycles. The van der Waals surface area contributed by atoms with E-state index in [1.54, 1.807) is 0 Å². The van der Waals surface area contributed by atoms with Gasteiger partial charge in [0.2, 0.25) is 5.91 Å². The minimum Gasteiger partial charge on any atom is -0.478 e. The highest BCUT2D eigenvalue weighted by molar-refractivity contribution is 5.86. The fraction of sp³-hybridized carbons (Fsp3) is 0.529. The summed E-state index contributed by atoms with van der Waals surface area (Å²) in [6, 6.07) is 0. The van der Waals surface area contributed by atoms with E-state index in [4.69, 9.17) is 5.11 Å². The highest BCUT2D eigenvalue weighted by atomic mass is 16.4. The zero-order valence-electron chi connectivity index (χ0n) is 14.9. The van der Waals surface area contributed by atoms with Gasteiger partial charge in [0.05, 0.1) is 18.0 Å². The van der Waals surface area contributed by atoms with Crippen molar-refractivity contribution in [3.63, 3.8) is 0 Å². The number of rotatable bonds is 7. The summed E-state index contributed by atoms with van der Waals surface area (Å²) < 4.78 is 3.42. The molecule has 0 atom stereocenters. The van der Waals surface area contributed by atoms with Gasteiger partial charge in [-0.05, 0) is 6.92 Å². The molecule has 1 aliphatic rings. The number of carboxylic acid groups (broad SMARTS) is 1. The maximum absolute atomic E-state index is 12.4. The minimum atomic E-state index is -1.01. The molecule has 1 amide bonds. The van der Waals surface area contributed by atoms with E-state index in [2.05, 4.69) is 28.2 Å². The first kappa shape index (κ1) is 18.1. The second kappa shape index (κ2) is 8.13. The lowest BCUT2D eigenvalue weighted by molar-refractivity contribution is -0.133. The first-order valence-electron chi connectivity index (χ1n) is 8.82. The van der Waals surface area contributed by atoms with Gasteiger partial charge in [0.25, 0.3) is 0 Å². The average Bonchev–Trinajstić information content (AvgIpc) is 3.29. The molecule has 0 aromatic carbocycles. The van der Waals surface area contributed by atoms with Gasteiger partial charge in [0.1, 0.15) is 0 Å². The van der Waals surface area contributed by atoms with Gasteiger partial charge in [-0.1, -0.05) is 0 Å². The molecular formula is C17H24N6O3. The lowest BCUT2D eigenvalue weighted by atomic mass is 10.2. The Morgan fingerprint density at radius 2 is 1.81 bits per heavy atom. The molecule has 1 saturated heterocycles. The minimum absolute atomic E-state index is 0.0795. The number of amides is 1. The summed E-state index contributed by atoms with van der Waals surface area (Å²) in [5.41, 5.74) is 1.33. The summed E-state index contributed by atoms with van der Waals surface area (Å²) in [7, 11) is 0. The summed E-state index contributed by atoms with van der Waals surface area (Å²) in [6.45, 7) is 7.28. The maximum Gasteiger partial charge on any atom is 0.338 e. The first-order chi connectivity index (χ1) is 12.5. The van der Waals surface area contributed by atoms with Gasteiger partial charge in [0, 0.05) is 70.2 Å². The number of carboxylic acids is 1. The molecule has 3 heterocycles. The Morgan fingerprint density at radius 1 is 1.08 bits per heavy atom. The van der Waals surface area contributed by atoms with Crippen LogP contribution in [0.3, 0.4) is 0 Å². The standard InChI is InChI=1S/C17H24N6O3/c1-2-22-12-14(9-18-22)11-20-5-7-21(8-6-20)16(24)3-4-23-13-15(10-19-23)17(25)26/h9-10,12-13H,2-8,11H2,1H3,(H,25,26). The molecule has 2 aromatic rings. The van der Waals surface area contributed by atoms with Crippen LogP contribution in [0.15, 0.2) is 24.8 Å². The smallest absolute Gasteiger partial charge is 0.338 e. The Morgan fingerprint density at radius 3 is 2.42 bits per heavy atom. The van der Waals surface area contributed by atoms with Crippen molar-refractivity contribution < 1.29 is 14.7 Å². The van der Waals surface area contributed by atoms with Crippen LogP contribution in [-0.4, -0.2) is 72.5 Å². The molecule has 3 rings (SSSR count). The van der Waals surface area contributed by atoms with E-state index in [1.807, 2.05) is 15.8 Å². The van der Waals surface area contributed by atoms with Crippen molar-refractivity contribution in [2.45, 2.75) is 33.0 Å². The molecule has 140 valence electrons. The lowest BCUT2D eigenvalue weighted by Gasteiger charge is -2.34. The van der Waals surface area contributed by atoms with Crippen LogP contribution in [0.2, 0.25) is 0 Å². The number of piperazine rings is 1. The average molecular weight is 360 g/mol. The zero-order chi connectivity index (χ0) is 18.5. The third-order valence-electron chi connectivity index (χ3n) is 4.58. The predicted octanol–water partition coefficient (Wildman–Crippen LogP) is 0.532. The normalized spacial score (nSPS) is 15.3. The monoisotopic (exact) mass is 360 g/mol. The highest BCUT2D eigenvalue weighted by Gasteiger charge is 2.21. The number of aromatic nitrogens is 4. The van der Waals surface area contributed by atoms with E-state index in [1.165, 1.54) is 22.6 Å². The van der Waals surface area contributed by atoms with Crippen molar-refractivity contribution in [1.82, 2.24) is 29.4 Å². The molecule has 2 aromatic heterocycles. The van der Waals surface area contributed by atoms with Crippen molar-refractivity contribution >= 4 is 11.9 Å². The summed E-state index contributed by atoms with van der Waals surface area (Å²) in [5.74, 6) is -0.931. The molecule has 0 unspecified atom stereocenters.